The van der Waals surface area contributed by atoms with Gasteiger partial charge in [0.25, 0.3) is 0 Å². The normalized spacial score (nSPS) is 10.0. The summed E-state index contributed by atoms with van der Waals surface area (Å²) in [6.07, 6.45) is 3.75. The number of aliphatic hydroxyl groups excluding tert-OH is 1. The van der Waals surface area contributed by atoms with Crippen molar-refractivity contribution in [2.24, 2.45) is 0 Å². The van der Waals surface area contributed by atoms with Crippen LogP contribution in [0.15, 0.2) is 6.20 Å². The number of nitrogens with zero attached hydrogens (tertiary/aromatic N) is 3. The van der Waals surface area contributed by atoms with Crippen molar-refractivity contribution in [2.75, 3.05) is 19.8 Å². The summed E-state index contributed by atoms with van der Waals surface area (Å²) in [4.78, 5) is 0. The molecule has 1 N–H and O–H groups in total. The number of ether oxygens (including phenoxy) is 1. The average molecular weight is 250 g/mol. The Morgan fingerprint density at radius 1 is 1.47 bits per heavy atom. The second-order valence-electron chi connectivity index (χ2n) is 3.06. The van der Waals surface area contributed by atoms with Crippen LogP contribution in [0.25, 0.3) is 0 Å². The first-order chi connectivity index (χ1) is 6.86. The first-order valence-electron chi connectivity index (χ1n) is 4.94. The van der Waals surface area contributed by atoms with Crippen LogP contribution in [0.3, 0.4) is 0 Å². The molecule has 0 amide bonds. The maximum Gasteiger partial charge on any atom is 0.0850 e. The third-order valence-electron chi connectivity index (χ3n) is 1.78. The molecule has 0 spiro atoms. The standard InChI is InChI=1S/C9H17N3O2.V/c1-2-4-12-8-9(10-11-12)3-6-14-7-5-13;/h8,13H,2-7H2,1H3;. The Kier molecular flexibility index (Phi) is 8.70. The quantitative estimate of drug-likeness (QED) is 0.704. The second-order valence-corrected chi connectivity index (χ2v) is 3.06. The molecule has 0 unspecified atom stereocenters. The Balaban J connectivity index is 0.00000196. The minimum atomic E-state index is 0. The second kappa shape index (κ2) is 8.91. The first-order valence-corrected chi connectivity index (χ1v) is 4.94. The van der Waals surface area contributed by atoms with E-state index in [9.17, 15) is 0 Å². The molecule has 0 fully saturated rings. The van der Waals surface area contributed by atoms with Crippen molar-refractivity contribution < 1.29 is 28.4 Å². The fraction of sp³-hybridized carbons (Fsp3) is 0.778. The van der Waals surface area contributed by atoms with Crippen LogP contribution >= 0.6 is 0 Å². The van der Waals surface area contributed by atoms with E-state index in [1.807, 2.05) is 10.9 Å². The van der Waals surface area contributed by atoms with Gasteiger partial charge in [0.1, 0.15) is 0 Å². The molecule has 1 radical (unpaired) electrons. The van der Waals surface area contributed by atoms with Crippen LogP contribution in [0.2, 0.25) is 0 Å². The molecule has 0 saturated heterocycles. The molecule has 0 saturated carbocycles. The van der Waals surface area contributed by atoms with E-state index in [2.05, 4.69) is 17.2 Å². The SMILES string of the molecule is CCCn1cc(CCOCCO)nn1.[V]. The van der Waals surface area contributed by atoms with Crippen LogP contribution < -0.4 is 0 Å². The molecule has 0 bridgehead atoms. The van der Waals surface area contributed by atoms with Gasteiger partial charge in [0.15, 0.2) is 0 Å². The van der Waals surface area contributed by atoms with Crippen LogP contribution in [-0.2, 0) is 36.3 Å². The summed E-state index contributed by atoms with van der Waals surface area (Å²) >= 11 is 0. The molecular formula is C9H17N3O2V. The minimum absolute atomic E-state index is 0. The fourth-order valence-corrected chi connectivity index (χ4v) is 1.13. The summed E-state index contributed by atoms with van der Waals surface area (Å²) in [7, 11) is 0. The average Bonchev–Trinajstić information content (AvgIpc) is 2.61. The number of hydrogen-bond acceptors (Lipinski definition) is 4. The topological polar surface area (TPSA) is 60.2 Å². The van der Waals surface area contributed by atoms with Crippen molar-refractivity contribution in [1.82, 2.24) is 15.0 Å². The van der Waals surface area contributed by atoms with Gasteiger partial charge in [-0.1, -0.05) is 12.1 Å². The van der Waals surface area contributed by atoms with E-state index in [4.69, 9.17) is 9.84 Å². The van der Waals surface area contributed by atoms with Gasteiger partial charge in [0.2, 0.25) is 0 Å². The largest absolute Gasteiger partial charge is 0.394 e. The van der Waals surface area contributed by atoms with Gasteiger partial charge in [0, 0.05) is 37.7 Å². The smallest absolute Gasteiger partial charge is 0.0850 e. The molecule has 6 heteroatoms. The molecule has 15 heavy (non-hydrogen) atoms. The van der Waals surface area contributed by atoms with Crippen LogP contribution in [-0.4, -0.2) is 39.9 Å². The van der Waals surface area contributed by atoms with Gasteiger partial charge in [0.05, 0.1) is 25.5 Å². The number of aromatic nitrogens is 3. The van der Waals surface area contributed by atoms with Crippen molar-refractivity contribution in [3.63, 3.8) is 0 Å². The van der Waals surface area contributed by atoms with Crippen molar-refractivity contribution in [3.8, 4) is 0 Å². The van der Waals surface area contributed by atoms with Gasteiger partial charge < -0.3 is 9.84 Å². The van der Waals surface area contributed by atoms with Crippen LogP contribution in [0.1, 0.15) is 19.0 Å². The molecule has 1 rings (SSSR count). The third kappa shape index (κ3) is 5.94. The Hall–Kier alpha value is -0.356. The Bertz CT molecular complexity index is 255. The molecule has 0 aliphatic heterocycles. The minimum Gasteiger partial charge on any atom is -0.394 e. The van der Waals surface area contributed by atoms with Crippen LogP contribution in [0, 0.1) is 0 Å². The van der Waals surface area contributed by atoms with Gasteiger partial charge in [-0.3, -0.25) is 4.68 Å². The maximum atomic E-state index is 8.48. The van der Waals surface area contributed by atoms with Crippen molar-refractivity contribution in [3.05, 3.63) is 11.9 Å². The Morgan fingerprint density at radius 3 is 2.93 bits per heavy atom. The van der Waals surface area contributed by atoms with Gasteiger partial charge >= 0.3 is 0 Å². The predicted octanol–water partition coefficient (Wildman–Crippen LogP) is 0.237. The van der Waals surface area contributed by atoms with E-state index >= 15 is 0 Å². The van der Waals surface area contributed by atoms with E-state index in [1.54, 1.807) is 0 Å². The molecule has 0 atom stereocenters. The van der Waals surface area contributed by atoms with E-state index in [0.29, 0.717) is 13.2 Å². The van der Waals surface area contributed by atoms with E-state index < -0.39 is 0 Å². The molecule has 0 aliphatic carbocycles. The third-order valence-corrected chi connectivity index (χ3v) is 1.78. The van der Waals surface area contributed by atoms with E-state index in [-0.39, 0.29) is 25.2 Å². The Morgan fingerprint density at radius 2 is 2.27 bits per heavy atom. The zero-order valence-electron chi connectivity index (χ0n) is 8.96. The molecule has 1 heterocycles. The fourth-order valence-electron chi connectivity index (χ4n) is 1.13. The number of aliphatic hydroxyl groups is 1. The summed E-state index contributed by atoms with van der Waals surface area (Å²) in [5, 5.41) is 16.4. The molecule has 0 aliphatic rings. The summed E-state index contributed by atoms with van der Waals surface area (Å²) < 4.78 is 6.96. The van der Waals surface area contributed by atoms with Gasteiger partial charge in [-0.2, -0.15) is 0 Å². The Labute approximate surface area is 102 Å². The molecule has 0 aromatic carbocycles. The van der Waals surface area contributed by atoms with Crippen molar-refractivity contribution in [1.29, 1.82) is 0 Å². The van der Waals surface area contributed by atoms with E-state index in [0.717, 1.165) is 25.1 Å². The molecule has 85 valence electrons. The first kappa shape index (κ1) is 14.6. The van der Waals surface area contributed by atoms with Crippen molar-refractivity contribution >= 4 is 0 Å². The summed E-state index contributed by atoms with van der Waals surface area (Å²) in [5.74, 6) is 0. The zero-order chi connectivity index (χ0) is 10.2. The van der Waals surface area contributed by atoms with Crippen LogP contribution in [0.5, 0.6) is 0 Å². The van der Waals surface area contributed by atoms with Crippen molar-refractivity contribution in [2.45, 2.75) is 26.3 Å². The predicted molar refractivity (Wildman–Crippen MR) is 51.9 cm³/mol. The van der Waals surface area contributed by atoms with Gasteiger partial charge in [-0.25, -0.2) is 0 Å². The molecular weight excluding hydrogens is 233 g/mol. The summed E-state index contributed by atoms with van der Waals surface area (Å²) in [6, 6.07) is 0. The monoisotopic (exact) mass is 250 g/mol. The molecule has 1 aromatic rings. The number of aryl methyl sites for hydroxylation is 1. The van der Waals surface area contributed by atoms with E-state index in [1.165, 1.54) is 0 Å². The van der Waals surface area contributed by atoms with Crippen LogP contribution in [0.4, 0.5) is 0 Å². The summed E-state index contributed by atoms with van der Waals surface area (Å²) in [6.45, 7) is 4.06. The number of hydrogen-bond donors (Lipinski definition) is 1. The number of rotatable bonds is 7. The van der Waals surface area contributed by atoms with Gasteiger partial charge in [-0.15, -0.1) is 5.10 Å². The van der Waals surface area contributed by atoms with Gasteiger partial charge in [-0.05, 0) is 6.42 Å². The maximum absolute atomic E-state index is 8.48. The zero-order valence-corrected chi connectivity index (χ0v) is 10.4. The summed E-state index contributed by atoms with van der Waals surface area (Å²) in [5.41, 5.74) is 0.941. The molecule has 1 aromatic heterocycles. The molecule has 5 nitrogen and oxygen atoms in total.